The van der Waals surface area contributed by atoms with Crippen LogP contribution in [0.2, 0.25) is 0 Å². The quantitative estimate of drug-likeness (QED) is 0.917. The summed E-state index contributed by atoms with van der Waals surface area (Å²) in [5.41, 5.74) is 0. The van der Waals surface area contributed by atoms with Crippen LogP contribution in [0.3, 0.4) is 0 Å². The number of aliphatic hydroxyl groups is 1. The number of rotatable bonds is 3. The van der Waals surface area contributed by atoms with Crippen molar-refractivity contribution < 1.29 is 9.84 Å². The van der Waals surface area contributed by atoms with Gasteiger partial charge in [-0.3, -0.25) is 0 Å². The van der Waals surface area contributed by atoms with E-state index in [2.05, 4.69) is 17.5 Å². The predicted molar refractivity (Wildman–Crippen MR) is 72.8 cm³/mol. The average molecular weight is 268 g/mol. The van der Waals surface area contributed by atoms with Crippen LogP contribution in [0.5, 0.6) is 0 Å². The van der Waals surface area contributed by atoms with E-state index in [1.165, 1.54) is 9.40 Å². The fourth-order valence-corrected chi connectivity index (χ4v) is 4.48. The molecule has 0 saturated carbocycles. The van der Waals surface area contributed by atoms with Gasteiger partial charge < -0.3 is 9.84 Å². The van der Waals surface area contributed by atoms with E-state index >= 15 is 0 Å². The molecule has 1 aliphatic heterocycles. The molecule has 2 aromatic rings. The Bertz CT molecular complexity index is 454. The number of hydrogen-bond donors (Lipinski definition) is 1. The first-order chi connectivity index (χ1) is 8.33. The van der Waals surface area contributed by atoms with Gasteiger partial charge in [0.25, 0.3) is 0 Å². The van der Waals surface area contributed by atoms with Gasteiger partial charge in [-0.2, -0.15) is 0 Å². The maximum absolute atomic E-state index is 10.3. The van der Waals surface area contributed by atoms with Gasteiger partial charge >= 0.3 is 0 Å². The zero-order valence-electron chi connectivity index (χ0n) is 9.59. The Balaban J connectivity index is 1.68. The molecule has 2 aromatic heterocycles. The Morgan fingerprint density at radius 1 is 1.35 bits per heavy atom. The Morgan fingerprint density at radius 2 is 2.18 bits per heavy atom. The summed E-state index contributed by atoms with van der Waals surface area (Å²) >= 11 is 3.48. The lowest BCUT2D eigenvalue weighted by Crippen LogP contribution is -2.17. The van der Waals surface area contributed by atoms with E-state index in [9.17, 15) is 5.11 Å². The van der Waals surface area contributed by atoms with Crippen LogP contribution < -0.4 is 0 Å². The molecule has 1 atom stereocenters. The van der Waals surface area contributed by atoms with Gasteiger partial charge in [-0.15, -0.1) is 22.7 Å². The average Bonchev–Trinajstić information content (AvgIpc) is 2.90. The van der Waals surface area contributed by atoms with Crippen molar-refractivity contribution in [2.45, 2.75) is 25.4 Å². The van der Waals surface area contributed by atoms with E-state index < -0.39 is 0 Å². The molecule has 1 aliphatic rings. The molecule has 0 bridgehead atoms. The molecule has 2 nitrogen and oxygen atoms in total. The Morgan fingerprint density at radius 3 is 2.94 bits per heavy atom. The molecular weight excluding hydrogens is 252 g/mol. The summed E-state index contributed by atoms with van der Waals surface area (Å²) in [5, 5.41) is 12.4. The summed E-state index contributed by atoms with van der Waals surface area (Å²) in [6.07, 6.45) is 2.78. The molecular formula is C13H16O2S2. The molecule has 17 heavy (non-hydrogen) atoms. The smallest absolute Gasteiger partial charge is 0.0885 e. The summed E-state index contributed by atoms with van der Waals surface area (Å²) < 4.78 is 7.95. The second-order valence-electron chi connectivity index (χ2n) is 4.61. The number of hydrogen-bond acceptors (Lipinski definition) is 4. The van der Waals surface area contributed by atoms with Gasteiger partial charge in [0.2, 0.25) is 0 Å². The van der Waals surface area contributed by atoms with Crippen molar-refractivity contribution >= 4 is 32.1 Å². The second kappa shape index (κ2) is 5.06. The summed E-state index contributed by atoms with van der Waals surface area (Å²) in [7, 11) is 0. The highest BCUT2D eigenvalue weighted by atomic mass is 32.1. The van der Waals surface area contributed by atoms with E-state index in [0.717, 1.165) is 37.4 Å². The number of thiophene rings is 2. The lowest BCUT2D eigenvalue weighted by atomic mass is 9.93. The van der Waals surface area contributed by atoms with Crippen molar-refractivity contribution in [3.05, 3.63) is 22.4 Å². The fourth-order valence-electron chi connectivity index (χ4n) is 2.36. The van der Waals surface area contributed by atoms with Crippen LogP contribution in [0.15, 0.2) is 17.5 Å². The zero-order valence-corrected chi connectivity index (χ0v) is 11.2. The minimum atomic E-state index is -0.289. The predicted octanol–water partition coefficient (Wildman–Crippen LogP) is 3.81. The van der Waals surface area contributed by atoms with Crippen LogP contribution in [-0.4, -0.2) is 18.3 Å². The van der Waals surface area contributed by atoms with Gasteiger partial charge in [-0.25, -0.2) is 0 Å². The fraction of sp³-hybridized carbons (Fsp3) is 0.538. The van der Waals surface area contributed by atoms with Crippen LogP contribution in [0.1, 0.15) is 30.2 Å². The molecule has 92 valence electrons. The molecule has 1 unspecified atom stereocenters. The number of fused-ring (bicyclic) bond motifs is 1. The first-order valence-corrected chi connectivity index (χ1v) is 7.75. The summed E-state index contributed by atoms with van der Waals surface area (Å²) in [4.78, 5) is 1.12. The van der Waals surface area contributed by atoms with Crippen molar-refractivity contribution in [2.75, 3.05) is 13.2 Å². The topological polar surface area (TPSA) is 29.5 Å². The largest absolute Gasteiger partial charge is 0.388 e. The maximum atomic E-state index is 10.3. The number of aliphatic hydroxyl groups excluding tert-OH is 1. The molecule has 0 amide bonds. The number of ether oxygens (including phenoxy) is 1. The highest BCUT2D eigenvalue weighted by Gasteiger charge is 2.20. The van der Waals surface area contributed by atoms with Gasteiger partial charge in [0.1, 0.15) is 0 Å². The molecule has 0 aliphatic carbocycles. The molecule has 1 fully saturated rings. The van der Waals surface area contributed by atoms with E-state index in [0.29, 0.717) is 5.92 Å². The molecule has 1 saturated heterocycles. The minimum absolute atomic E-state index is 0.289. The van der Waals surface area contributed by atoms with E-state index in [1.54, 1.807) is 22.7 Å². The minimum Gasteiger partial charge on any atom is -0.388 e. The Kier molecular flexibility index (Phi) is 3.47. The van der Waals surface area contributed by atoms with E-state index in [1.807, 2.05) is 0 Å². The molecule has 3 rings (SSSR count). The van der Waals surface area contributed by atoms with Crippen molar-refractivity contribution in [3.8, 4) is 0 Å². The van der Waals surface area contributed by atoms with Gasteiger partial charge in [-0.1, -0.05) is 0 Å². The van der Waals surface area contributed by atoms with Gasteiger partial charge in [0, 0.05) is 27.5 Å². The SMILES string of the molecule is OC(CC1CCOCC1)c1cc2sccc2s1. The maximum Gasteiger partial charge on any atom is 0.0885 e. The molecule has 0 aromatic carbocycles. The van der Waals surface area contributed by atoms with Crippen LogP contribution in [0, 0.1) is 5.92 Å². The standard InChI is InChI=1S/C13H16O2S2/c14-10(7-9-1-4-15-5-2-9)12-8-13-11(17-12)3-6-16-13/h3,6,8-10,14H,1-2,4-5,7H2. The first kappa shape index (κ1) is 11.7. The van der Waals surface area contributed by atoms with Gasteiger partial charge in [-0.05, 0) is 42.7 Å². The van der Waals surface area contributed by atoms with E-state index in [-0.39, 0.29) is 6.10 Å². The summed E-state index contributed by atoms with van der Waals surface area (Å²) in [6.45, 7) is 1.72. The lowest BCUT2D eigenvalue weighted by molar-refractivity contribution is 0.0442. The first-order valence-electron chi connectivity index (χ1n) is 6.05. The third-order valence-electron chi connectivity index (χ3n) is 3.38. The van der Waals surface area contributed by atoms with Gasteiger partial charge in [0.05, 0.1) is 6.10 Å². The molecule has 1 N–H and O–H groups in total. The normalized spacial score (nSPS) is 19.8. The van der Waals surface area contributed by atoms with Crippen LogP contribution in [0.4, 0.5) is 0 Å². The molecule has 3 heterocycles. The van der Waals surface area contributed by atoms with Crippen LogP contribution in [-0.2, 0) is 4.74 Å². The highest BCUT2D eigenvalue weighted by Crippen LogP contribution is 2.36. The third-order valence-corrected chi connectivity index (χ3v) is 5.58. The van der Waals surface area contributed by atoms with Crippen molar-refractivity contribution in [2.24, 2.45) is 5.92 Å². The van der Waals surface area contributed by atoms with E-state index in [4.69, 9.17) is 4.74 Å². The lowest BCUT2D eigenvalue weighted by Gasteiger charge is -2.23. The Hall–Kier alpha value is -0.420. The summed E-state index contributed by atoms with van der Waals surface area (Å²) in [5.74, 6) is 0.624. The Labute approximate surface area is 109 Å². The van der Waals surface area contributed by atoms with Gasteiger partial charge in [0.15, 0.2) is 0 Å². The molecule has 0 spiro atoms. The van der Waals surface area contributed by atoms with Crippen molar-refractivity contribution in [1.29, 1.82) is 0 Å². The van der Waals surface area contributed by atoms with Crippen molar-refractivity contribution in [3.63, 3.8) is 0 Å². The second-order valence-corrected chi connectivity index (χ2v) is 6.67. The summed E-state index contributed by atoms with van der Waals surface area (Å²) in [6, 6.07) is 4.28. The third kappa shape index (κ3) is 2.55. The van der Waals surface area contributed by atoms with Crippen LogP contribution in [0.25, 0.3) is 9.40 Å². The molecule has 4 heteroatoms. The van der Waals surface area contributed by atoms with Crippen molar-refractivity contribution in [1.82, 2.24) is 0 Å². The highest BCUT2D eigenvalue weighted by molar-refractivity contribution is 7.26. The molecule has 0 radical (unpaired) electrons. The monoisotopic (exact) mass is 268 g/mol. The zero-order chi connectivity index (χ0) is 11.7. The van der Waals surface area contributed by atoms with Crippen LogP contribution >= 0.6 is 22.7 Å².